The van der Waals surface area contributed by atoms with Crippen molar-refractivity contribution < 1.29 is 13.9 Å². The monoisotopic (exact) mass is 322 g/mol. The normalized spacial score (nSPS) is 10.4. The van der Waals surface area contributed by atoms with Crippen molar-refractivity contribution in [2.75, 3.05) is 7.11 Å². The van der Waals surface area contributed by atoms with Gasteiger partial charge in [-0.25, -0.2) is 0 Å². The fraction of sp³-hybridized carbons (Fsp3) is 0.158. The molecule has 2 heterocycles. The van der Waals surface area contributed by atoms with Crippen LogP contribution in [0.4, 0.5) is 0 Å². The number of carbonyl (C=O) groups excluding carboxylic acids is 1. The van der Waals surface area contributed by atoms with E-state index >= 15 is 0 Å². The number of nitrogens with zero attached hydrogens (tertiary/aromatic N) is 1. The Kier molecular flexibility index (Phi) is 4.91. The van der Waals surface area contributed by atoms with Crippen molar-refractivity contribution in [2.24, 2.45) is 0 Å². The van der Waals surface area contributed by atoms with E-state index in [1.54, 1.807) is 25.8 Å². The quantitative estimate of drug-likeness (QED) is 0.757. The Balaban J connectivity index is 1.54. The first kappa shape index (κ1) is 15.8. The molecule has 0 radical (unpaired) electrons. The summed E-state index contributed by atoms with van der Waals surface area (Å²) in [6.45, 7) is 0.446. The van der Waals surface area contributed by atoms with Crippen LogP contribution >= 0.6 is 0 Å². The minimum Gasteiger partial charge on any atom is -0.497 e. The molecule has 2 aromatic heterocycles. The van der Waals surface area contributed by atoms with Crippen LogP contribution in [0.2, 0.25) is 0 Å². The maximum atomic E-state index is 12.1. The zero-order valence-electron chi connectivity index (χ0n) is 13.4. The third-order valence-corrected chi connectivity index (χ3v) is 3.63. The number of furan rings is 1. The predicted molar refractivity (Wildman–Crippen MR) is 90.5 cm³/mol. The van der Waals surface area contributed by atoms with Gasteiger partial charge >= 0.3 is 0 Å². The third kappa shape index (κ3) is 4.01. The highest BCUT2D eigenvalue weighted by Crippen LogP contribution is 2.17. The summed E-state index contributed by atoms with van der Waals surface area (Å²) >= 11 is 0. The molecule has 0 spiro atoms. The first-order valence-electron chi connectivity index (χ1n) is 7.62. The second-order valence-electron chi connectivity index (χ2n) is 5.37. The topological polar surface area (TPSA) is 64.4 Å². The van der Waals surface area contributed by atoms with Gasteiger partial charge in [0.2, 0.25) is 5.91 Å². The molecule has 0 atom stereocenters. The van der Waals surface area contributed by atoms with Crippen LogP contribution in [0.15, 0.2) is 65.6 Å². The second-order valence-corrected chi connectivity index (χ2v) is 5.37. The molecule has 122 valence electrons. The highest BCUT2D eigenvalue weighted by molar-refractivity contribution is 5.78. The Morgan fingerprint density at radius 2 is 2.12 bits per heavy atom. The van der Waals surface area contributed by atoms with Crippen LogP contribution in [0, 0.1) is 0 Å². The maximum absolute atomic E-state index is 12.1. The summed E-state index contributed by atoms with van der Waals surface area (Å²) in [6, 6.07) is 13.2. The van der Waals surface area contributed by atoms with Crippen molar-refractivity contribution in [1.29, 1.82) is 0 Å². The lowest BCUT2D eigenvalue weighted by molar-refractivity contribution is -0.120. The van der Waals surface area contributed by atoms with Gasteiger partial charge in [0.1, 0.15) is 5.75 Å². The highest BCUT2D eigenvalue weighted by Gasteiger charge is 2.05. The van der Waals surface area contributed by atoms with E-state index in [1.165, 1.54) is 0 Å². The molecule has 0 aliphatic heterocycles. The number of ether oxygens (including phenoxy) is 1. The molecule has 1 amide bonds. The molecule has 0 aliphatic rings. The number of hydrogen-bond acceptors (Lipinski definition) is 4. The molecule has 0 bridgehead atoms. The van der Waals surface area contributed by atoms with Gasteiger partial charge in [0.15, 0.2) is 0 Å². The van der Waals surface area contributed by atoms with Gasteiger partial charge in [-0.05, 0) is 35.4 Å². The zero-order valence-corrected chi connectivity index (χ0v) is 13.4. The fourth-order valence-corrected chi connectivity index (χ4v) is 2.34. The number of aromatic nitrogens is 1. The number of methoxy groups -OCH3 is 1. The van der Waals surface area contributed by atoms with Gasteiger partial charge in [0.05, 0.1) is 31.8 Å². The van der Waals surface area contributed by atoms with Crippen molar-refractivity contribution >= 4 is 5.91 Å². The van der Waals surface area contributed by atoms with Gasteiger partial charge in [-0.1, -0.05) is 18.2 Å². The van der Waals surface area contributed by atoms with Gasteiger partial charge < -0.3 is 14.5 Å². The molecule has 5 heteroatoms. The molecule has 0 saturated carbocycles. The van der Waals surface area contributed by atoms with E-state index in [9.17, 15) is 4.79 Å². The summed E-state index contributed by atoms with van der Waals surface area (Å²) in [5, 5.41) is 2.90. The summed E-state index contributed by atoms with van der Waals surface area (Å²) < 4.78 is 10.2. The molecule has 0 aliphatic carbocycles. The molecule has 24 heavy (non-hydrogen) atoms. The average Bonchev–Trinajstić information content (AvgIpc) is 3.15. The van der Waals surface area contributed by atoms with Crippen molar-refractivity contribution in [3.8, 4) is 17.0 Å². The molecule has 3 rings (SSSR count). The van der Waals surface area contributed by atoms with Crippen molar-refractivity contribution in [2.45, 2.75) is 13.0 Å². The summed E-state index contributed by atoms with van der Waals surface area (Å²) in [6.07, 6.45) is 5.34. The Morgan fingerprint density at radius 1 is 1.21 bits per heavy atom. The van der Waals surface area contributed by atoms with E-state index in [2.05, 4.69) is 10.3 Å². The average molecular weight is 322 g/mol. The molecule has 3 aromatic rings. The molecule has 0 fully saturated rings. The minimum absolute atomic E-state index is 0.0397. The molecule has 1 aromatic carbocycles. The molecule has 5 nitrogen and oxygen atoms in total. The molecule has 1 N–H and O–H groups in total. The Labute approximate surface area is 140 Å². The molecule has 0 saturated heterocycles. The van der Waals surface area contributed by atoms with Crippen LogP contribution in [0.5, 0.6) is 5.75 Å². The lowest BCUT2D eigenvalue weighted by Crippen LogP contribution is -2.24. The Hall–Kier alpha value is -3.08. The zero-order chi connectivity index (χ0) is 16.8. The lowest BCUT2D eigenvalue weighted by Gasteiger charge is -2.07. The number of hydrogen-bond donors (Lipinski definition) is 1. The van der Waals surface area contributed by atoms with E-state index in [-0.39, 0.29) is 5.91 Å². The number of rotatable bonds is 6. The number of nitrogens with one attached hydrogen (secondary N) is 1. The van der Waals surface area contributed by atoms with Gasteiger partial charge in [0.25, 0.3) is 0 Å². The first-order valence-corrected chi connectivity index (χ1v) is 7.62. The number of amides is 1. The van der Waals surface area contributed by atoms with Gasteiger partial charge in [-0.15, -0.1) is 0 Å². The van der Waals surface area contributed by atoms with Crippen molar-refractivity contribution in [1.82, 2.24) is 10.3 Å². The largest absolute Gasteiger partial charge is 0.497 e. The van der Waals surface area contributed by atoms with Gasteiger partial charge in [-0.3, -0.25) is 9.78 Å². The lowest BCUT2D eigenvalue weighted by atomic mass is 10.1. The summed E-state index contributed by atoms with van der Waals surface area (Å²) in [5.74, 6) is 0.710. The first-order chi connectivity index (χ1) is 11.7. The summed E-state index contributed by atoms with van der Waals surface area (Å²) in [4.78, 5) is 16.4. The standard InChI is InChI=1S/C19H18N2O3/c1-23-17-4-2-3-14(9-17)10-19(22)21-12-15-5-6-18(20-11-15)16-7-8-24-13-16/h2-9,11,13H,10,12H2,1H3,(H,21,22). The predicted octanol–water partition coefficient (Wildman–Crippen LogP) is 3.21. The number of carbonyl (C=O) groups is 1. The van der Waals surface area contributed by atoms with Crippen LogP contribution in [0.3, 0.4) is 0 Å². The van der Waals surface area contributed by atoms with Gasteiger partial charge in [0, 0.05) is 18.3 Å². The van der Waals surface area contributed by atoms with Crippen LogP contribution in [0.25, 0.3) is 11.3 Å². The molecule has 0 unspecified atom stereocenters. The van der Waals surface area contributed by atoms with Crippen LogP contribution in [-0.2, 0) is 17.8 Å². The number of benzene rings is 1. The van der Waals surface area contributed by atoms with E-state index in [4.69, 9.17) is 9.15 Å². The third-order valence-electron chi connectivity index (χ3n) is 3.63. The maximum Gasteiger partial charge on any atom is 0.224 e. The van der Waals surface area contributed by atoms with Crippen LogP contribution < -0.4 is 10.1 Å². The van der Waals surface area contributed by atoms with E-state index in [0.29, 0.717) is 13.0 Å². The SMILES string of the molecule is COc1cccc(CC(=O)NCc2ccc(-c3ccoc3)nc2)c1. The fourth-order valence-electron chi connectivity index (χ4n) is 2.34. The number of pyridine rings is 1. The summed E-state index contributed by atoms with van der Waals surface area (Å²) in [7, 11) is 1.61. The Bertz CT molecular complexity index is 796. The van der Waals surface area contributed by atoms with Gasteiger partial charge in [-0.2, -0.15) is 0 Å². The molecular weight excluding hydrogens is 304 g/mol. The van der Waals surface area contributed by atoms with E-state index < -0.39 is 0 Å². The summed E-state index contributed by atoms with van der Waals surface area (Å²) in [5.41, 5.74) is 3.64. The van der Waals surface area contributed by atoms with Crippen LogP contribution in [-0.4, -0.2) is 18.0 Å². The second kappa shape index (κ2) is 7.46. The highest BCUT2D eigenvalue weighted by atomic mass is 16.5. The minimum atomic E-state index is -0.0397. The van der Waals surface area contributed by atoms with Crippen LogP contribution in [0.1, 0.15) is 11.1 Å². The van der Waals surface area contributed by atoms with E-state index in [1.807, 2.05) is 42.5 Å². The Morgan fingerprint density at radius 3 is 2.83 bits per heavy atom. The smallest absolute Gasteiger partial charge is 0.224 e. The van der Waals surface area contributed by atoms with E-state index in [0.717, 1.165) is 28.1 Å². The van der Waals surface area contributed by atoms with Crippen molar-refractivity contribution in [3.63, 3.8) is 0 Å². The van der Waals surface area contributed by atoms with Crippen molar-refractivity contribution in [3.05, 3.63) is 72.3 Å². The molecular formula is C19H18N2O3.